The second-order valence-corrected chi connectivity index (χ2v) is 7.31. The highest BCUT2D eigenvalue weighted by atomic mass is 16.5. The molecule has 7 nitrogen and oxygen atoms in total. The molecule has 3 rings (SSSR count). The Morgan fingerprint density at radius 3 is 1.97 bits per heavy atom. The molecule has 0 aliphatic heterocycles. The molecule has 0 saturated carbocycles. The van der Waals surface area contributed by atoms with E-state index in [4.69, 9.17) is 9.47 Å². The van der Waals surface area contributed by atoms with Crippen molar-refractivity contribution >= 4 is 17.8 Å². The number of ether oxygens (including phenoxy) is 2. The number of Topliss-reactive ketones (excluding diaryl/α,β-unsaturated/α-hetero) is 1. The molecule has 2 amide bonds. The molecule has 3 aromatic rings. The number of carbonyl (C=O) groups is 3. The van der Waals surface area contributed by atoms with Crippen LogP contribution in [0.4, 0.5) is 4.79 Å². The van der Waals surface area contributed by atoms with Gasteiger partial charge in [0.05, 0.1) is 6.54 Å². The normalized spacial score (nSPS) is 11.2. The third-order valence-corrected chi connectivity index (χ3v) is 4.71. The molecule has 0 aliphatic rings. The van der Waals surface area contributed by atoms with E-state index in [1.165, 1.54) is 0 Å². The van der Waals surface area contributed by atoms with Crippen LogP contribution >= 0.6 is 0 Å². The van der Waals surface area contributed by atoms with E-state index < -0.39 is 18.0 Å². The van der Waals surface area contributed by atoms with Gasteiger partial charge in [0, 0.05) is 6.42 Å². The van der Waals surface area contributed by atoms with Crippen molar-refractivity contribution in [1.82, 2.24) is 10.6 Å². The number of ketones is 1. The first kappa shape index (κ1) is 23.5. The van der Waals surface area contributed by atoms with E-state index in [0.29, 0.717) is 5.75 Å². The van der Waals surface area contributed by atoms with Gasteiger partial charge < -0.3 is 20.1 Å². The van der Waals surface area contributed by atoms with Gasteiger partial charge in [-0.05, 0) is 23.3 Å². The zero-order valence-electron chi connectivity index (χ0n) is 18.1. The van der Waals surface area contributed by atoms with E-state index in [9.17, 15) is 14.4 Å². The van der Waals surface area contributed by atoms with Crippen LogP contribution < -0.4 is 15.4 Å². The molecule has 0 saturated heterocycles. The second kappa shape index (κ2) is 12.7. The van der Waals surface area contributed by atoms with Crippen LogP contribution in [0, 0.1) is 0 Å². The predicted octanol–water partition coefficient (Wildman–Crippen LogP) is 3.29. The summed E-state index contributed by atoms with van der Waals surface area (Å²) in [6.07, 6.45) is -0.462. The summed E-state index contributed by atoms with van der Waals surface area (Å²) in [5.41, 5.74) is 1.69. The third-order valence-electron chi connectivity index (χ3n) is 4.71. The van der Waals surface area contributed by atoms with Crippen LogP contribution in [0.5, 0.6) is 5.75 Å². The second-order valence-electron chi connectivity index (χ2n) is 7.31. The van der Waals surface area contributed by atoms with Crippen molar-refractivity contribution in [2.24, 2.45) is 0 Å². The van der Waals surface area contributed by atoms with Crippen molar-refractivity contribution < 1.29 is 23.9 Å². The monoisotopic (exact) mass is 446 g/mol. The van der Waals surface area contributed by atoms with Gasteiger partial charge in [-0.2, -0.15) is 0 Å². The first-order chi connectivity index (χ1) is 16.1. The van der Waals surface area contributed by atoms with Crippen LogP contribution in [-0.2, 0) is 27.4 Å². The van der Waals surface area contributed by atoms with E-state index >= 15 is 0 Å². The number of amides is 2. The minimum Gasteiger partial charge on any atom is -0.486 e. The van der Waals surface area contributed by atoms with Crippen molar-refractivity contribution in [2.45, 2.75) is 19.1 Å². The summed E-state index contributed by atoms with van der Waals surface area (Å²) >= 11 is 0. The Hall–Kier alpha value is -4.13. The van der Waals surface area contributed by atoms with Crippen molar-refractivity contribution in [3.05, 3.63) is 102 Å². The standard InChI is InChI=1S/C26H26N2O5/c29-22(19-32-23-14-8-3-9-15-23)17-27-25(30)24(16-20-10-4-1-5-11-20)28-26(31)33-18-21-12-6-2-7-13-21/h1-15,24H,16-19H2,(H,27,30)(H,28,31). The molecular weight excluding hydrogens is 420 g/mol. The van der Waals surface area contributed by atoms with Crippen LogP contribution in [0.1, 0.15) is 11.1 Å². The number of benzene rings is 3. The number of rotatable bonds is 11. The predicted molar refractivity (Wildman–Crippen MR) is 124 cm³/mol. The smallest absolute Gasteiger partial charge is 0.408 e. The lowest BCUT2D eigenvalue weighted by atomic mass is 10.1. The summed E-state index contributed by atoms with van der Waals surface area (Å²) < 4.78 is 10.6. The highest BCUT2D eigenvalue weighted by Crippen LogP contribution is 2.08. The largest absolute Gasteiger partial charge is 0.486 e. The SMILES string of the molecule is O=C(CNC(=O)C(Cc1ccccc1)NC(=O)OCc1ccccc1)COc1ccccc1. The highest BCUT2D eigenvalue weighted by molar-refractivity contribution is 5.90. The number of hydrogen-bond donors (Lipinski definition) is 2. The molecule has 0 heterocycles. The Morgan fingerprint density at radius 2 is 1.33 bits per heavy atom. The first-order valence-corrected chi connectivity index (χ1v) is 10.6. The maximum atomic E-state index is 12.8. The third kappa shape index (κ3) is 8.49. The van der Waals surface area contributed by atoms with Crippen LogP contribution in [0.25, 0.3) is 0 Å². The molecule has 1 atom stereocenters. The topological polar surface area (TPSA) is 93.7 Å². The van der Waals surface area contributed by atoms with E-state index in [1.54, 1.807) is 24.3 Å². The summed E-state index contributed by atoms with van der Waals surface area (Å²) in [6, 6.07) is 26.6. The zero-order valence-corrected chi connectivity index (χ0v) is 18.1. The van der Waals surface area contributed by atoms with Crippen molar-refractivity contribution in [2.75, 3.05) is 13.2 Å². The van der Waals surface area contributed by atoms with Gasteiger partial charge in [0.2, 0.25) is 5.91 Å². The molecule has 33 heavy (non-hydrogen) atoms. The molecule has 2 N–H and O–H groups in total. The van der Waals surface area contributed by atoms with Crippen LogP contribution in [0.2, 0.25) is 0 Å². The molecule has 1 unspecified atom stereocenters. The van der Waals surface area contributed by atoms with Gasteiger partial charge in [-0.3, -0.25) is 9.59 Å². The summed E-state index contributed by atoms with van der Waals surface area (Å²) in [7, 11) is 0. The first-order valence-electron chi connectivity index (χ1n) is 10.6. The quantitative estimate of drug-likeness (QED) is 0.471. The molecule has 0 radical (unpaired) electrons. The summed E-state index contributed by atoms with van der Waals surface area (Å²) in [5.74, 6) is -0.206. The molecular formula is C26H26N2O5. The molecule has 3 aromatic carbocycles. The van der Waals surface area contributed by atoms with Gasteiger partial charge in [0.25, 0.3) is 0 Å². The van der Waals surface area contributed by atoms with E-state index in [1.807, 2.05) is 66.7 Å². The average Bonchev–Trinajstić information content (AvgIpc) is 2.86. The van der Waals surface area contributed by atoms with Crippen molar-refractivity contribution in [1.29, 1.82) is 0 Å². The average molecular weight is 447 g/mol. The Morgan fingerprint density at radius 1 is 0.758 bits per heavy atom. The van der Waals surface area contributed by atoms with Crippen molar-refractivity contribution in [3.63, 3.8) is 0 Å². The minimum absolute atomic E-state index is 0.0850. The number of hydrogen-bond acceptors (Lipinski definition) is 5. The molecule has 0 bridgehead atoms. The Labute approximate surface area is 192 Å². The van der Waals surface area contributed by atoms with Gasteiger partial charge in [0.1, 0.15) is 25.0 Å². The number of carbonyl (C=O) groups excluding carboxylic acids is 3. The van der Waals surface area contributed by atoms with Gasteiger partial charge in [-0.15, -0.1) is 0 Å². The zero-order chi connectivity index (χ0) is 23.3. The maximum Gasteiger partial charge on any atom is 0.408 e. The summed E-state index contributed by atoms with van der Waals surface area (Å²) in [6.45, 7) is -0.292. The Kier molecular flexibility index (Phi) is 9.03. The fraction of sp³-hybridized carbons (Fsp3) is 0.192. The molecule has 0 aliphatic carbocycles. The van der Waals surface area contributed by atoms with Crippen LogP contribution in [0.15, 0.2) is 91.0 Å². The number of nitrogens with one attached hydrogen (secondary N) is 2. The molecule has 0 aromatic heterocycles. The van der Waals surface area contributed by atoms with E-state index in [2.05, 4.69) is 10.6 Å². The van der Waals surface area contributed by atoms with Crippen molar-refractivity contribution in [3.8, 4) is 5.75 Å². The fourth-order valence-electron chi connectivity index (χ4n) is 3.01. The van der Waals surface area contributed by atoms with Gasteiger partial charge in [-0.25, -0.2) is 4.79 Å². The maximum absolute atomic E-state index is 12.8. The van der Waals surface area contributed by atoms with Gasteiger partial charge in [0.15, 0.2) is 5.78 Å². The Bertz CT molecular complexity index is 1030. The minimum atomic E-state index is -0.904. The number of para-hydroxylation sites is 1. The lowest BCUT2D eigenvalue weighted by Crippen LogP contribution is -2.49. The van der Waals surface area contributed by atoms with Gasteiger partial charge >= 0.3 is 6.09 Å². The molecule has 0 fully saturated rings. The molecule has 170 valence electrons. The fourth-order valence-corrected chi connectivity index (χ4v) is 3.01. The lowest BCUT2D eigenvalue weighted by molar-refractivity contribution is -0.127. The highest BCUT2D eigenvalue weighted by Gasteiger charge is 2.22. The Balaban J connectivity index is 1.52. The van der Waals surface area contributed by atoms with Crippen LogP contribution in [0.3, 0.4) is 0 Å². The molecule has 7 heteroatoms. The molecule has 0 spiro atoms. The summed E-state index contributed by atoms with van der Waals surface area (Å²) in [4.78, 5) is 37.2. The van der Waals surface area contributed by atoms with Gasteiger partial charge in [-0.1, -0.05) is 78.9 Å². The lowest BCUT2D eigenvalue weighted by Gasteiger charge is -2.18. The van der Waals surface area contributed by atoms with E-state index in [-0.39, 0.29) is 32.0 Å². The number of alkyl carbamates (subject to hydrolysis) is 1. The van der Waals surface area contributed by atoms with Crippen LogP contribution in [-0.4, -0.2) is 37.0 Å². The van der Waals surface area contributed by atoms with E-state index in [0.717, 1.165) is 11.1 Å². The summed E-state index contributed by atoms with van der Waals surface area (Å²) in [5, 5.41) is 5.18.